The maximum absolute atomic E-state index is 13.0. The number of nitrogens with zero attached hydrogens (tertiary/aromatic N) is 1. The second-order valence-electron chi connectivity index (χ2n) is 6.26. The molecule has 140 valence electrons. The standard InChI is InChI=1S/C21H20FNO4/c22-17-11-9-16(10-12-17)19(25)7-4-8-20(26)23-18(14-27-21(23)13-24)15-5-2-1-3-6-15/h1-3,5-6,9-14,19,21,25H,4,7-8H2/t19-,21?/m0/s1. The Kier molecular flexibility index (Phi) is 5.98. The molecule has 1 N–H and O–H groups in total. The van der Waals surface area contributed by atoms with Gasteiger partial charge in [0.25, 0.3) is 0 Å². The zero-order valence-electron chi connectivity index (χ0n) is 14.6. The zero-order valence-corrected chi connectivity index (χ0v) is 14.6. The smallest absolute Gasteiger partial charge is 0.234 e. The number of amides is 1. The molecule has 0 aliphatic carbocycles. The summed E-state index contributed by atoms with van der Waals surface area (Å²) in [5, 5.41) is 10.2. The number of halogens is 1. The van der Waals surface area contributed by atoms with E-state index >= 15 is 0 Å². The van der Waals surface area contributed by atoms with Crippen molar-refractivity contribution >= 4 is 17.9 Å². The third-order valence-electron chi connectivity index (χ3n) is 4.41. The van der Waals surface area contributed by atoms with Crippen LogP contribution in [-0.2, 0) is 14.3 Å². The van der Waals surface area contributed by atoms with Crippen LogP contribution in [0.15, 0.2) is 60.9 Å². The third kappa shape index (κ3) is 4.41. The van der Waals surface area contributed by atoms with E-state index < -0.39 is 12.3 Å². The van der Waals surface area contributed by atoms with Gasteiger partial charge >= 0.3 is 0 Å². The number of rotatable bonds is 7. The van der Waals surface area contributed by atoms with Gasteiger partial charge in [0.15, 0.2) is 6.29 Å². The molecule has 27 heavy (non-hydrogen) atoms. The first-order valence-corrected chi connectivity index (χ1v) is 8.72. The van der Waals surface area contributed by atoms with E-state index in [1.165, 1.54) is 35.4 Å². The summed E-state index contributed by atoms with van der Waals surface area (Å²) in [5.41, 5.74) is 1.92. The molecule has 3 rings (SSSR count). The average Bonchev–Trinajstić information content (AvgIpc) is 3.13. The van der Waals surface area contributed by atoms with E-state index in [-0.39, 0.29) is 18.1 Å². The van der Waals surface area contributed by atoms with Crippen LogP contribution in [-0.4, -0.2) is 28.4 Å². The predicted octanol–water partition coefficient (Wildman–Crippen LogP) is 3.41. The number of carbonyl (C=O) groups excluding carboxylic acids is 2. The average molecular weight is 369 g/mol. The molecule has 0 aromatic heterocycles. The molecule has 1 heterocycles. The Balaban J connectivity index is 1.61. The first kappa shape index (κ1) is 18.8. The van der Waals surface area contributed by atoms with Crippen LogP contribution in [0.2, 0.25) is 0 Å². The van der Waals surface area contributed by atoms with Gasteiger partial charge in [-0.15, -0.1) is 0 Å². The highest BCUT2D eigenvalue weighted by atomic mass is 19.1. The van der Waals surface area contributed by atoms with Crippen LogP contribution in [0.5, 0.6) is 0 Å². The lowest BCUT2D eigenvalue weighted by atomic mass is 10.0. The number of carbonyl (C=O) groups is 2. The molecule has 1 amide bonds. The quantitative estimate of drug-likeness (QED) is 0.760. The van der Waals surface area contributed by atoms with Crippen LogP contribution in [0, 0.1) is 5.82 Å². The molecular weight excluding hydrogens is 349 g/mol. The molecule has 0 fully saturated rings. The van der Waals surface area contributed by atoms with Gasteiger partial charge in [0.05, 0.1) is 11.8 Å². The summed E-state index contributed by atoms with van der Waals surface area (Å²) in [4.78, 5) is 25.3. The Morgan fingerprint density at radius 1 is 1.19 bits per heavy atom. The van der Waals surface area contributed by atoms with Crippen molar-refractivity contribution in [2.45, 2.75) is 31.6 Å². The lowest BCUT2D eigenvalue weighted by Gasteiger charge is -2.22. The Bertz CT molecular complexity index is 820. The minimum absolute atomic E-state index is 0.149. The summed E-state index contributed by atoms with van der Waals surface area (Å²) in [6.07, 6.45) is 1.16. The molecule has 1 aliphatic rings. The molecule has 1 aliphatic heterocycles. The van der Waals surface area contributed by atoms with Gasteiger partial charge in [-0.3, -0.25) is 14.5 Å². The SMILES string of the molecule is O=CC1OC=C(c2ccccc2)N1C(=O)CCC[C@H](O)c1ccc(F)cc1. The van der Waals surface area contributed by atoms with Crippen molar-refractivity contribution in [1.29, 1.82) is 0 Å². The molecule has 2 aromatic carbocycles. The summed E-state index contributed by atoms with van der Waals surface area (Å²) in [6.45, 7) is 0. The van der Waals surface area contributed by atoms with Gasteiger partial charge in [-0.05, 0) is 30.5 Å². The van der Waals surface area contributed by atoms with E-state index in [0.29, 0.717) is 30.4 Å². The number of hydrogen-bond acceptors (Lipinski definition) is 4. The van der Waals surface area contributed by atoms with Crippen molar-refractivity contribution in [1.82, 2.24) is 4.90 Å². The van der Waals surface area contributed by atoms with E-state index in [0.717, 1.165) is 5.56 Å². The summed E-state index contributed by atoms with van der Waals surface area (Å²) in [5.74, 6) is -0.624. The van der Waals surface area contributed by atoms with E-state index in [1.807, 2.05) is 30.3 Å². The molecule has 5 nitrogen and oxygen atoms in total. The Morgan fingerprint density at radius 3 is 2.56 bits per heavy atom. The van der Waals surface area contributed by atoms with Gasteiger partial charge in [0, 0.05) is 12.0 Å². The van der Waals surface area contributed by atoms with E-state index in [2.05, 4.69) is 0 Å². The summed E-state index contributed by atoms with van der Waals surface area (Å²) >= 11 is 0. The van der Waals surface area contributed by atoms with Gasteiger partial charge in [-0.2, -0.15) is 0 Å². The minimum atomic E-state index is -0.977. The molecule has 0 spiro atoms. The van der Waals surface area contributed by atoms with Crippen molar-refractivity contribution < 1.29 is 23.8 Å². The van der Waals surface area contributed by atoms with Gasteiger partial charge < -0.3 is 9.84 Å². The van der Waals surface area contributed by atoms with Crippen LogP contribution in [0.25, 0.3) is 5.70 Å². The Labute approximate surface area is 156 Å². The molecule has 6 heteroatoms. The summed E-state index contributed by atoms with van der Waals surface area (Å²) in [7, 11) is 0. The predicted molar refractivity (Wildman–Crippen MR) is 97.4 cm³/mol. The molecule has 0 saturated carbocycles. The highest BCUT2D eigenvalue weighted by Gasteiger charge is 2.33. The second-order valence-corrected chi connectivity index (χ2v) is 6.26. The van der Waals surface area contributed by atoms with E-state index in [4.69, 9.17) is 4.74 Å². The topological polar surface area (TPSA) is 66.8 Å². The van der Waals surface area contributed by atoms with Gasteiger partial charge in [-0.25, -0.2) is 4.39 Å². The van der Waals surface area contributed by atoms with Crippen molar-refractivity contribution in [2.75, 3.05) is 0 Å². The fourth-order valence-electron chi connectivity index (χ4n) is 2.99. The van der Waals surface area contributed by atoms with Gasteiger partial charge in [-0.1, -0.05) is 42.5 Å². The normalized spacial score (nSPS) is 17.2. The summed E-state index contributed by atoms with van der Waals surface area (Å²) in [6, 6.07) is 14.8. The monoisotopic (exact) mass is 369 g/mol. The largest absolute Gasteiger partial charge is 0.468 e. The van der Waals surface area contributed by atoms with Crippen molar-refractivity contribution in [3.63, 3.8) is 0 Å². The molecule has 0 saturated heterocycles. The van der Waals surface area contributed by atoms with Crippen LogP contribution in [0.4, 0.5) is 4.39 Å². The first-order chi connectivity index (χ1) is 13.1. The highest BCUT2D eigenvalue weighted by molar-refractivity contribution is 5.90. The summed E-state index contributed by atoms with van der Waals surface area (Å²) < 4.78 is 18.3. The third-order valence-corrected chi connectivity index (χ3v) is 4.41. The molecule has 2 atom stereocenters. The van der Waals surface area contributed by atoms with Crippen LogP contribution >= 0.6 is 0 Å². The number of aldehydes is 1. The van der Waals surface area contributed by atoms with Crippen LogP contribution < -0.4 is 0 Å². The maximum atomic E-state index is 13.0. The molecular formula is C21H20FNO4. The van der Waals surface area contributed by atoms with Gasteiger partial charge in [0.2, 0.25) is 12.1 Å². The number of ether oxygens (including phenoxy) is 1. The Morgan fingerprint density at radius 2 is 1.89 bits per heavy atom. The van der Waals surface area contributed by atoms with Gasteiger partial charge in [0.1, 0.15) is 12.1 Å². The number of benzene rings is 2. The fourth-order valence-corrected chi connectivity index (χ4v) is 2.99. The highest BCUT2D eigenvalue weighted by Crippen LogP contribution is 2.29. The first-order valence-electron chi connectivity index (χ1n) is 8.72. The fraction of sp³-hybridized carbons (Fsp3) is 0.238. The van der Waals surface area contributed by atoms with E-state index in [9.17, 15) is 19.1 Å². The number of aliphatic hydroxyl groups is 1. The molecule has 0 bridgehead atoms. The second kappa shape index (κ2) is 8.60. The molecule has 1 unspecified atom stereocenters. The van der Waals surface area contributed by atoms with Crippen molar-refractivity contribution in [3.05, 3.63) is 77.8 Å². The maximum Gasteiger partial charge on any atom is 0.234 e. The Hall–Kier alpha value is -2.99. The lowest BCUT2D eigenvalue weighted by molar-refractivity contribution is -0.138. The molecule has 2 aromatic rings. The van der Waals surface area contributed by atoms with Crippen LogP contribution in [0.1, 0.15) is 36.5 Å². The van der Waals surface area contributed by atoms with E-state index in [1.54, 1.807) is 0 Å². The van der Waals surface area contributed by atoms with Crippen molar-refractivity contribution in [3.8, 4) is 0 Å². The minimum Gasteiger partial charge on any atom is -0.468 e. The number of aliphatic hydroxyl groups excluding tert-OH is 1. The van der Waals surface area contributed by atoms with Crippen molar-refractivity contribution in [2.24, 2.45) is 0 Å². The van der Waals surface area contributed by atoms with Crippen LogP contribution in [0.3, 0.4) is 0 Å². The zero-order chi connectivity index (χ0) is 19.2. The number of hydrogen-bond donors (Lipinski definition) is 1. The molecule has 0 radical (unpaired) electrons. The lowest BCUT2D eigenvalue weighted by Crippen LogP contribution is -2.37.